The topological polar surface area (TPSA) is 68.5 Å². The number of benzene rings is 2. The van der Waals surface area contributed by atoms with E-state index in [1.54, 1.807) is 12.1 Å². The summed E-state index contributed by atoms with van der Waals surface area (Å²) in [5, 5.41) is 11.9. The van der Waals surface area contributed by atoms with Gasteiger partial charge >= 0.3 is 0 Å². The number of para-hydroxylation sites is 1. The number of anilines is 1. The van der Waals surface area contributed by atoms with E-state index in [-0.39, 0.29) is 10.6 Å². The minimum absolute atomic E-state index is 0.115. The number of hydrogen-bond donors (Lipinski definition) is 0. The first-order valence-corrected chi connectivity index (χ1v) is 9.48. The van der Waals surface area contributed by atoms with Gasteiger partial charge in [-0.05, 0) is 37.0 Å². The summed E-state index contributed by atoms with van der Waals surface area (Å²) < 4.78 is 6.74. The predicted molar refractivity (Wildman–Crippen MR) is 103 cm³/mol. The molecule has 1 fully saturated rings. The molecule has 1 aromatic heterocycles. The van der Waals surface area contributed by atoms with Crippen molar-refractivity contribution in [2.45, 2.75) is 12.8 Å². The number of nitro benzene ring substituents is 1. The lowest BCUT2D eigenvalue weighted by atomic mass is 9.98. The molecular weight excluding hydrogens is 350 g/mol. The van der Waals surface area contributed by atoms with E-state index in [0.717, 1.165) is 53.6 Å². The van der Waals surface area contributed by atoms with Crippen LogP contribution in [0.3, 0.4) is 0 Å². The molecule has 2 aromatic carbocycles. The van der Waals surface area contributed by atoms with E-state index < -0.39 is 0 Å². The first-order chi connectivity index (χ1) is 12.7. The molecule has 0 unspecified atom stereocenters. The fraction of sp³-hybridized carbons (Fsp3) is 0.316. The maximum Gasteiger partial charge on any atom is 0.270 e. The Morgan fingerprint density at radius 1 is 1.19 bits per heavy atom. The van der Waals surface area contributed by atoms with Crippen LogP contribution in [0.4, 0.5) is 10.8 Å². The van der Waals surface area contributed by atoms with Crippen LogP contribution in [-0.2, 0) is 0 Å². The van der Waals surface area contributed by atoms with E-state index in [1.165, 1.54) is 17.4 Å². The van der Waals surface area contributed by atoms with Gasteiger partial charge in [-0.15, -0.1) is 0 Å². The maximum absolute atomic E-state index is 10.9. The van der Waals surface area contributed by atoms with Crippen molar-refractivity contribution in [1.82, 2.24) is 4.98 Å². The third-order valence-corrected chi connectivity index (χ3v) is 5.76. The van der Waals surface area contributed by atoms with Crippen LogP contribution in [0.15, 0.2) is 48.5 Å². The molecule has 1 saturated heterocycles. The van der Waals surface area contributed by atoms with Gasteiger partial charge in [0.1, 0.15) is 5.75 Å². The van der Waals surface area contributed by atoms with E-state index in [2.05, 4.69) is 9.88 Å². The highest BCUT2D eigenvalue weighted by molar-refractivity contribution is 7.22. The molecule has 1 aliphatic heterocycles. The number of nitrogens with zero attached hydrogens (tertiary/aromatic N) is 3. The number of hydrogen-bond acceptors (Lipinski definition) is 6. The van der Waals surface area contributed by atoms with Crippen LogP contribution in [0.1, 0.15) is 12.8 Å². The van der Waals surface area contributed by atoms with Crippen LogP contribution in [0.2, 0.25) is 0 Å². The molecule has 0 spiro atoms. The third-order valence-electron chi connectivity index (χ3n) is 4.69. The van der Waals surface area contributed by atoms with Gasteiger partial charge in [0.25, 0.3) is 5.69 Å². The molecule has 26 heavy (non-hydrogen) atoms. The Hall–Kier alpha value is -2.67. The van der Waals surface area contributed by atoms with Crippen LogP contribution in [0.5, 0.6) is 5.75 Å². The summed E-state index contributed by atoms with van der Waals surface area (Å²) in [5.74, 6) is 1.46. The molecule has 0 amide bonds. The summed E-state index contributed by atoms with van der Waals surface area (Å²) in [6.07, 6.45) is 2.12. The molecule has 134 valence electrons. The largest absolute Gasteiger partial charge is 0.493 e. The van der Waals surface area contributed by atoms with Crippen molar-refractivity contribution in [3.8, 4) is 5.75 Å². The zero-order valence-electron chi connectivity index (χ0n) is 14.2. The van der Waals surface area contributed by atoms with Crippen molar-refractivity contribution in [3.05, 3.63) is 58.6 Å². The average molecular weight is 369 g/mol. The van der Waals surface area contributed by atoms with Crippen molar-refractivity contribution in [2.24, 2.45) is 5.92 Å². The monoisotopic (exact) mass is 369 g/mol. The highest BCUT2D eigenvalue weighted by Crippen LogP contribution is 2.33. The first-order valence-electron chi connectivity index (χ1n) is 8.67. The molecule has 0 atom stereocenters. The lowest BCUT2D eigenvalue weighted by molar-refractivity contribution is -0.384. The van der Waals surface area contributed by atoms with Gasteiger partial charge in [0, 0.05) is 25.2 Å². The number of aromatic nitrogens is 1. The number of non-ortho nitro benzene ring substituents is 1. The van der Waals surface area contributed by atoms with Gasteiger partial charge in [0.15, 0.2) is 5.13 Å². The molecule has 4 rings (SSSR count). The Morgan fingerprint density at radius 3 is 2.69 bits per heavy atom. The summed E-state index contributed by atoms with van der Waals surface area (Å²) in [7, 11) is 0. The Labute approximate surface area is 155 Å². The van der Waals surface area contributed by atoms with E-state index >= 15 is 0 Å². The van der Waals surface area contributed by atoms with E-state index in [9.17, 15) is 10.1 Å². The summed E-state index contributed by atoms with van der Waals surface area (Å²) in [6.45, 7) is 2.61. The number of fused-ring (bicyclic) bond motifs is 1. The van der Waals surface area contributed by atoms with Gasteiger partial charge in [-0.25, -0.2) is 4.98 Å². The number of ether oxygens (including phenoxy) is 1. The summed E-state index contributed by atoms with van der Waals surface area (Å²) >= 11 is 1.53. The van der Waals surface area contributed by atoms with Crippen LogP contribution < -0.4 is 9.64 Å². The summed E-state index contributed by atoms with van der Waals surface area (Å²) in [6, 6.07) is 14.8. The second-order valence-corrected chi connectivity index (χ2v) is 7.47. The molecule has 1 aliphatic rings. The van der Waals surface area contributed by atoms with E-state index in [0.29, 0.717) is 5.92 Å². The standard InChI is InChI=1S/C19H19N3O3S/c23-22(24)15-6-7-17-18(12-15)26-19(20-17)21-10-8-14(9-11-21)13-25-16-4-2-1-3-5-16/h1-7,12,14H,8-11,13H2. The van der Waals surface area contributed by atoms with Crippen molar-refractivity contribution >= 4 is 32.4 Å². The summed E-state index contributed by atoms with van der Waals surface area (Å²) in [5.41, 5.74) is 0.939. The summed E-state index contributed by atoms with van der Waals surface area (Å²) in [4.78, 5) is 17.5. The smallest absolute Gasteiger partial charge is 0.270 e. The highest BCUT2D eigenvalue weighted by atomic mass is 32.1. The van der Waals surface area contributed by atoms with Gasteiger partial charge in [-0.3, -0.25) is 10.1 Å². The molecule has 0 N–H and O–H groups in total. The Morgan fingerprint density at radius 2 is 1.96 bits per heavy atom. The molecule has 0 bridgehead atoms. The van der Waals surface area contributed by atoms with Crippen LogP contribution in [0, 0.1) is 16.0 Å². The first kappa shape index (κ1) is 16.8. The fourth-order valence-electron chi connectivity index (χ4n) is 3.17. The molecule has 0 aliphatic carbocycles. The SMILES string of the molecule is O=[N+]([O-])c1ccc2nc(N3CCC(COc4ccccc4)CC3)sc2c1. The van der Waals surface area contributed by atoms with Crippen molar-refractivity contribution in [1.29, 1.82) is 0 Å². The average Bonchev–Trinajstić information content (AvgIpc) is 3.11. The molecule has 2 heterocycles. The molecule has 0 saturated carbocycles. The molecule has 3 aromatic rings. The number of rotatable bonds is 5. The fourth-order valence-corrected chi connectivity index (χ4v) is 4.22. The maximum atomic E-state index is 10.9. The van der Waals surface area contributed by atoms with Gasteiger partial charge < -0.3 is 9.64 Å². The molecule has 0 radical (unpaired) electrons. The van der Waals surface area contributed by atoms with Crippen molar-refractivity contribution < 1.29 is 9.66 Å². The van der Waals surface area contributed by atoms with E-state index in [1.807, 2.05) is 30.3 Å². The normalized spacial score (nSPS) is 15.3. The van der Waals surface area contributed by atoms with Crippen LogP contribution >= 0.6 is 11.3 Å². The zero-order valence-corrected chi connectivity index (χ0v) is 15.0. The predicted octanol–water partition coefficient (Wildman–Crippen LogP) is 4.50. The lowest BCUT2D eigenvalue weighted by Crippen LogP contribution is -2.35. The third kappa shape index (κ3) is 3.62. The van der Waals surface area contributed by atoms with E-state index in [4.69, 9.17) is 4.74 Å². The number of thiazole rings is 1. The van der Waals surface area contributed by atoms with Gasteiger partial charge in [0.2, 0.25) is 0 Å². The van der Waals surface area contributed by atoms with Gasteiger partial charge in [-0.1, -0.05) is 29.5 Å². The molecule has 6 nitrogen and oxygen atoms in total. The van der Waals surface area contributed by atoms with Gasteiger partial charge in [-0.2, -0.15) is 0 Å². The van der Waals surface area contributed by atoms with Crippen molar-refractivity contribution in [2.75, 3.05) is 24.6 Å². The minimum Gasteiger partial charge on any atom is -0.493 e. The van der Waals surface area contributed by atoms with Crippen LogP contribution in [0.25, 0.3) is 10.2 Å². The molecule has 7 heteroatoms. The zero-order chi connectivity index (χ0) is 17.9. The Bertz CT molecular complexity index is 905. The Kier molecular flexibility index (Phi) is 4.71. The minimum atomic E-state index is -0.364. The Balaban J connectivity index is 1.37. The lowest BCUT2D eigenvalue weighted by Gasteiger charge is -2.31. The number of nitro groups is 1. The molecular formula is C19H19N3O3S. The highest BCUT2D eigenvalue weighted by Gasteiger charge is 2.22. The van der Waals surface area contributed by atoms with Gasteiger partial charge in [0.05, 0.1) is 21.7 Å². The second-order valence-electron chi connectivity index (χ2n) is 6.46. The quantitative estimate of drug-likeness (QED) is 0.489. The number of piperidine rings is 1. The van der Waals surface area contributed by atoms with Crippen molar-refractivity contribution in [3.63, 3.8) is 0 Å². The second kappa shape index (κ2) is 7.29. The van der Waals surface area contributed by atoms with Crippen LogP contribution in [-0.4, -0.2) is 29.6 Å².